The Morgan fingerprint density at radius 1 is 1.04 bits per heavy atom. The number of rotatable bonds is 6. The molecule has 3 amide bonds. The van der Waals surface area contributed by atoms with E-state index in [4.69, 9.17) is 4.74 Å². The van der Waals surface area contributed by atoms with Gasteiger partial charge in [0.15, 0.2) is 0 Å². The van der Waals surface area contributed by atoms with E-state index in [2.05, 4.69) is 29.2 Å². The van der Waals surface area contributed by atoms with Crippen molar-refractivity contribution in [1.82, 2.24) is 24.9 Å². The van der Waals surface area contributed by atoms with Crippen molar-refractivity contribution in [2.75, 3.05) is 73.1 Å². The smallest absolute Gasteiger partial charge is 0.409 e. The van der Waals surface area contributed by atoms with Gasteiger partial charge in [-0.25, -0.2) is 9.59 Å². The Morgan fingerprint density at radius 2 is 1.69 bits per heavy atom. The molecule has 26 heavy (non-hydrogen) atoms. The SMILES string of the molecule is CCOC(=O)N1CCC(NC(=O)N2CCN(CCCN(C)C)CC2)CC1. The summed E-state index contributed by atoms with van der Waals surface area (Å²) in [7, 11) is 4.19. The molecular weight excluding hydrogens is 334 g/mol. The third-order valence-electron chi connectivity index (χ3n) is 5.09. The molecule has 2 aliphatic rings. The molecular formula is C18H35N5O3. The van der Waals surface area contributed by atoms with Gasteiger partial charge in [-0.1, -0.05) is 0 Å². The first-order valence-electron chi connectivity index (χ1n) is 9.83. The summed E-state index contributed by atoms with van der Waals surface area (Å²) < 4.78 is 5.03. The topological polar surface area (TPSA) is 68.4 Å². The number of ether oxygens (including phenoxy) is 1. The summed E-state index contributed by atoms with van der Waals surface area (Å²) in [4.78, 5) is 32.5. The largest absolute Gasteiger partial charge is 0.450 e. The van der Waals surface area contributed by atoms with Crippen LogP contribution in [0.5, 0.6) is 0 Å². The average molecular weight is 370 g/mol. The highest BCUT2D eigenvalue weighted by Crippen LogP contribution is 2.12. The van der Waals surface area contributed by atoms with Gasteiger partial charge in [0.05, 0.1) is 6.61 Å². The lowest BCUT2D eigenvalue weighted by Gasteiger charge is -2.37. The van der Waals surface area contributed by atoms with E-state index in [1.807, 2.05) is 11.8 Å². The molecule has 150 valence electrons. The highest BCUT2D eigenvalue weighted by atomic mass is 16.6. The fourth-order valence-electron chi connectivity index (χ4n) is 3.47. The number of carbonyl (C=O) groups excluding carboxylic acids is 2. The van der Waals surface area contributed by atoms with Gasteiger partial charge in [-0.3, -0.25) is 4.90 Å². The average Bonchev–Trinajstić information content (AvgIpc) is 2.63. The molecule has 0 saturated carbocycles. The van der Waals surface area contributed by atoms with Crippen LogP contribution in [0.2, 0.25) is 0 Å². The van der Waals surface area contributed by atoms with Crippen LogP contribution in [0.15, 0.2) is 0 Å². The van der Waals surface area contributed by atoms with Gasteiger partial charge in [-0.05, 0) is 53.4 Å². The Labute approximate surface area is 157 Å². The van der Waals surface area contributed by atoms with Gasteiger partial charge in [-0.2, -0.15) is 0 Å². The molecule has 2 rings (SSSR count). The standard InChI is InChI=1S/C18H35N5O3/c1-4-26-18(25)23-10-6-16(7-11-23)19-17(24)22-14-12-21(13-15-22)9-5-8-20(2)3/h16H,4-15H2,1-3H3,(H,19,24). The molecule has 0 radical (unpaired) electrons. The maximum Gasteiger partial charge on any atom is 0.409 e. The zero-order chi connectivity index (χ0) is 18.9. The maximum atomic E-state index is 12.5. The van der Waals surface area contributed by atoms with E-state index in [0.29, 0.717) is 19.7 Å². The first-order chi connectivity index (χ1) is 12.5. The number of piperidine rings is 1. The molecule has 0 spiro atoms. The van der Waals surface area contributed by atoms with Crippen LogP contribution in [0.4, 0.5) is 9.59 Å². The predicted octanol–water partition coefficient (Wildman–Crippen LogP) is 0.886. The van der Waals surface area contributed by atoms with Crippen molar-refractivity contribution in [3.05, 3.63) is 0 Å². The molecule has 0 aromatic rings. The van der Waals surface area contributed by atoms with Crippen LogP contribution in [-0.4, -0.2) is 111 Å². The fraction of sp³-hybridized carbons (Fsp3) is 0.889. The summed E-state index contributed by atoms with van der Waals surface area (Å²) in [6.45, 7) is 9.16. The number of hydrogen-bond donors (Lipinski definition) is 1. The Hall–Kier alpha value is -1.54. The zero-order valence-electron chi connectivity index (χ0n) is 16.6. The molecule has 0 aliphatic carbocycles. The van der Waals surface area contributed by atoms with Crippen LogP contribution < -0.4 is 5.32 Å². The maximum absolute atomic E-state index is 12.5. The molecule has 2 saturated heterocycles. The molecule has 0 unspecified atom stereocenters. The monoisotopic (exact) mass is 369 g/mol. The van der Waals surface area contributed by atoms with E-state index in [0.717, 1.165) is 58.5 Å². The third kappa shape index (κ3) is 6.64. The Bertz CT molecular complexity index is 444. The molecule has 1 N–H and O–H groups in total. The minimum absolute atomic E-state index is 0.0347. The summed E-state index contributed by atoms with van der Waals surface area (Å²) in [5.74, 6) is 0. The van der Waals surface area contributed by atoms with Crippen molar-refractivity contribution in [3.8, 4) is 0 Å². The van der Waals surface area contributed by atoms with Gasteiger partial charge in [0.25, 0.3) is 0 Å². The van der Waals surface area contributed by atoms with E-state index >= 15 is 0 Å². The van der Waals surface area contributed by atoms with Gasteiger partial charge < -0.3 is 24.8 Å². The first-order valence-corrected chi connectivity index (χ1v) is 9.83. The lowest BCUT2D eigenvalue weighted by Crippen LogP contribution is -2.55. The van der Waals surface area contributed by atoms with Crippen molar-refractivity contribution in [2.45, 2.75) is 32.2 Å². The van der Waals surface area contributed by atoms with Crippen molar-refractivity contribution >= 4 is 12.1 Å². The second-order valence-electron chi connectivity index (χ2n) is 7.40. The van der Waals surface area contributed by atoms with E-state index in [1.165, 1.54) is 0 Å². The number of piperazine rings is 1. The van der Waals surface area contributed by atoms with Crippen LogP contribution in [0.1, 0.15) is 26.2 Å². The molecule has 2 aliphatic heterocycles. The van der Waals surface area contributed by atoms with Gasteiger partial charge in [0, 0.05) is 45.3 Å². The Kier molecular flexibility index (Phi) is 8.44. The van der Waals surface area contributed by atoms with Crippen LogP contribution in [0.25, 0.3) is 0 Å². The van der Waals surface area contributed by atoms with E-state index in [1.54, 1.807) is 4.90 Å². The Balaban J connectivity index is 1.63. The third-order valence-corrected chi connectivity index (χ3v) is 5.09. The second kappa shape index (κ2) is 10.6. The van der Waals surface area contributed by atoms with Crippen molar-refractivity contribution in [1.29, 1.82) is 0 Å². The molecule has 8 nitrogen and oxygen atoms in total. The van der Waals surface area contributed by atoms with Gasteiger partial charge >= 0.3 is 12.1 Å². The molecule has 0 aromatic carbocycles. The van der Waals surface area contributed by atoms with Crippen LogP contribution in [0, 0.1) is 0 Å². The summed E-state index contributed by atoms with van der Waals surface area (Å²) in [5, 5.41) is 3.14. The fourth-order valence-corrected chi connectivity index (χ4v) is 3.47. The quantitative estimate of drug-likeness (QED) is 0.753. The minimum Gasteiger partial charge on any atom is -0.450 e. The summed E-state index contributed by atoms with van der Waals surface area (Å²) in [5.41, 5.74) is 0. The van der Waals surface area contributed by atoms with Crippen molar-refractivity contribution < 1.29 is 14.3 Å². The zero-order valence-corrected chi connectivity index (χ0v) is 16.6. The second-order valence-corrected chi connectivity index (χ2v) is 7.40. The van der Waals surface area contributed by atoms with Gasteiger partial charge in [0.1, 0.15) is 0 Å². The molecule has 8 heteroatoms. The van der Waals surface area contributed by atoms with E-state index in [-0.39, 0.29) is 18.2 Å². The summed E-state index contributed by atoms with van der Waals surface area (Å²) >= 11 is 0. The van der Waals surface area contributed by atoms with E-state index < -0.39 is 0 Å². The van der Waals surface area contributed by atoms with Crippen LogP contribution >= 0.6 is 0 Å². The predicted molar refractivity (Wildman–Crippen MR) is 101 cm³/mol. The number of hydrogen-bond acceptors (Lipinski definition) is 5. The summed E-state index contributed by atoms with van der Waals surface area (Å²) in [6.07, 6.45) is 2.49. The lowest BCUT2D eigenvalue weighted by atomic mass is 10.1. The van der Waals surface area contributed by atoms with Crippen LogP contribution in [-0.2, 0) is 4.74 Å². The van der Waals surface area contributed by atoms with Crippen molar-refractivity contribution in [2.24, 2.45) is 0 Å². The minimum atomic E-state index is -0.248. The lowest BCUT2D eigenvalue weighted by molar-refractivity contribution is 0.0940. The van der Waals surface area contributed by atoms with Crippen LogP contribution in [0.3, 0.4) is 0 Å². The molecule has 0 atom stereocenters. The highest BCUT2D eigenvalue weighted by molar-refractivity contribution is 5.74. The van der Waals surface area contributed by atoms with Crippen molar-refractivity contribution in [3.63, 3.8) is 0 Å². The number of nitrogens with zero attached hydrogens (tertiary/aromatic N) is 4. The molecule has 2 fully saturated rings. The highest BCUT2D eigenvalue weighted by Gasteiger charge is 2.27. The first kappa shape index (κ1) is 20.8. The number of urea groups is 1. The molecule has 2 heterocycles. The number of amides is 3. The van der Waals surface area contributed by atoms with E-state index in [9.17, 15) is 9.59 Å². The molecule has 0 aromatic heterocycles. The molecule has 0 bridgehead atoms. The number of likely N-dealkylation sites (tertiary alicyclic amines) is 1. The normalized spacial score (nSPS) is 19.7. The number of carbonyl (C=O) groups is 2. The summed E-state index contributed by atoms with van der Waals surface area (Å²) in [6, 6.07) is 0.179. The van der Waals surface area contributed by atoms with Gasteiger partial charge in [-0.15, -0.1) is 0 Å². The van der Waals surface area contributed by atoms with Gasteiger partial charge in [0.2, 0.25) is 0 Å². The number of nitrogens with one attached hydrogen (secondary N) is 1. The Morgan fingerprint density at radius 3 is 2.27 bits per heavy atom.